The molecular formula is C17H12BrNO3. The number of fused-ring (bicyclic) bond motifs is 1. The molecule has 3 rings (SSSR count). The normalized spacial score (nSPS) is 10.6. The molecule has 110 valence electrons. The van der Waals surface area contributed by atoms with Gasteiger partial charge in [0, 0.05) is 15.5 Å². The van der Waals surface area contributed by atoms with Gasteiger partial charge < -0.3 is 9.73 Å². The van der Waals surface area contributed by atoms with Crippen molar-refractivity contribution in [2.24, 2.45) is 0 Å². The fourth-order valence-corrected chi connectivity index (χ4v) is 2.57. The third-order valence-electron chi connectivity index (χ3n) is 3.21. The van der Waals surface area contributed by atoms with Gasteiger partial charge >= 0.3 is 5.63 Å². The third kappa shape index (κ3) is 2.94. The number of amides is 1. The Balaban J connectivity index is 2.00. The standard InChI is InChI=1S/C17H12BrNO3/c1-10-5-6-15-11(7-10)8-14(17(21)22-15)16(20)19-13-4-2-3-12(18)9-13/h2-9H,1H3,(H,19,20). The lowest BCUT2D eigenvalue weighted by molar-refractivity contribution is 0.102. The molecule has 4 nitrogen and oxygen atoms in total. The van der Waals surface area contributed by atoms with E-state index in [4.69, 9.17) is 4.42 Å². The summed E-state index contributed by atoms with van der Waals surface area (Å²) >= 11 is 3.33. The van der Waals surface area contributed by atoms with Crippen molar-refractivity contribution in [1.29, 1.82) is 0 Å². The molecule has 3 aromatic rings. The first-order valence-electron chi connectivity index (χ1n) is 6.64. The Hall–Kier alpha value is -2.40. The number of aryl methyl sites for hydroxylation is 1. The Bertz CT molecular complexity index is 931. The lowest BCUT2D eigenvalue weighted by Gasteiger charge is -2.06. The van der Waals surface area contributed by atoms with E-state index in [0.29, 0.717) is 11.3 Å². The zero-order valence-corrected chi connectivity index (χ0v) is 13.3. The molecule has 0 saturated heterocycles. The minimum absolute atomic E-state index is 0.0157. The van der Waals surface area contributed by atoms with Crippen LogP contribution in [0.4, 0.5) is 5.69 Å². The number of halogens is 1. The van der Waals surface area contributed by atoms with E-state index >= 15 is 0 Å². The molecule has 0 bridgehead atoms. The van der Waals surface area contributed by atoms with Gasteiger partial charge in [-0.3, -0.25) is 4.79 Å². The van der Waals surface area contributed by atoms with Gasteiger partial charge in [0.05, 0.1) is 0 Å². The van der Waals surface area contributed by atoms with E-state index in [1.54, 1.807) is 30.3 Å². The van der Waals surface area contributed by atoms with Gasteiger partial charge in [0.25, 0.3) is 5.91 Å². The van der Waals surface area contributed by atoms with Crippen LogP contribution < -0.4 is 10.9 Å². The zero-order valence-electron chi connectivity index (χ0n) is 11.7. The molecule has 0 unspecified atom stereocenters. The van der Waals surface area contributed by atoms with Crippen LogP contribution in [-0.2, 0) is 0 Å². The Morgan fingerprint density at radius 2 is 1.95 bits per heavy atom. The van der Waals surface area contributed by atoms with Gasteiger partial charge in [-0.2, -0.15) is 0 Å². The molecule has 1 amide bonds. The van der Waals surface area contributed by atoms with Crippen molar-refractivity contribution < 1.29 is 9.21 Å². The molecule has 0 atom stereocenters. The highest BCUT2D eigenvalue weighted by Gasteiger charge is 2.14. The average Bonchev–Trinajstić information content (AvgIpc) is 2.47. The van der Waals surface area contributed by atoms with Crippen molar-refractivity contribution in [3.8, 4) is 0 Å². The second kappa shape index (κ2) is 5.77. The summed E-state index contributed by atoms with van der Waals surface area (Å²) in [6.07, 6.45) is 0. The molecule has 0 aliphatic heterocycles. The maximum atomic E-state index is 12.3. The molecule has 1 heterocycles. The maximum Gasteiger partial charge on any atom is 0.349 e. The minimum Gasteiger partial charge on any atom is -0.422 e. The highest BCUT2D eigenvalue weighted by Crippen LogP contribution is 2.18. The van der Waals surface area contributed by atoms with Gasteiger partial charge in [-0.1, -0.05) is 33.6 Å². The van der Waals surface area contributed by atoms with E-state index in [-0.39, 0.29) is 5.56 Å². The summed E-state index contributed by atoms with van der Waals surface area (Å²) in [5.41, 5.74) is 1.43. The van der Waals surface area contributed by atoms with E-state index in [0.717, 1.165) is 15.4 Å². The van der Waals surface area contributed by atoms with Gasteiger partial charge in [0.1, 0.15) is 11.1 Å². The summed E-state index contributed by atoms with van der Waals surface area (Å²) in [4.78, 5) is 24.3. The Morgan fingerprint density at radius 1 is 1.14 bits per heavy atom. The summed E-state index contributed by atoms with van der Waals surface area (Å²) in [5, 5.41) is 3.41. The molecule has 5 heteroatoms. The average molecular weight is 358 g/mol. The first-order chi connectivity index (χ1) is 10.5. The van der Waals surface area contributed by atoms with Crippen LogP contribution in [0.1, 0.15) is 15.9 Å². The SMILES string of the molecule is Cc1ccc2oc(=O)c(C(=O)Nc3cccc(Br)c3)cc2c1. The fraction of sp³-hybridized carbons (Fsp3) is 0.0588. The number of hydrogen-bond acceptors (Lipinski definition) is 3. The number of rotatable bonds is 2. The van der Waals surface area contributed by atoms with Gasteiger partial charge in [0.2, 0.25) is 0 Å². The monoisotopic (exact) mass is 357 g/mol. The van der Waals surface area contributed by atoms with Crippen LogP contribution in [0.5, 0.6) is 0 Å². The summed E-state index contributed by atoms with van der Waals surface area (Å²) in [7, 11) is 0. The Kier molecular flexibility index (Phi) is 3.81. The molecule has 0 aliphatic rings. The second-order valence-electron chi connectivity index (χ2n) is 4.95. The molecule has 0 aliphatic carbocycles. The first kappa shape index (κ1) is 14.5. The molecule has 0 saturated carbocycles. The van der Waals surface area contributed by atoms with E-state index < -0.39 is 11.5 Å². The second-order valence-corrected chi connectivity index (χ2v) is 5.87. The zero-order chi connectivity index (χ0) is 15.7. The van der Waals surface area contributed by atoms with Crippen LogP contribution in [0.2, 0.25) is 0 Å². The number of nitrogens with one attached hydrogen (secondary N) is 1. The summed E-state index contributed by atoms with van der Waals surface area (Å²) in [6, 6.07) is 14.2. The molecule has 0 spiro atoms. The number of benzene rings is 2. The largest absolute Gasteiger partial charge is 0.422 e. The van der Waals surface area contributed by atoms with Crippen molar-refractivity contribution in [2.45, 2.75) is 6.92 Å². The van der Waals surface area contributed by atoms with Gasteiger partial charge in [0.15, 0.2) is 0 Å². The van der Waals surface area contributed by atoms with Crippen LogP contribution >= 0.6 is 15.9 Å². The Morgan fingerprint density at radius 3 is 2.73 bits per heavy atom. The number of hydrogen-bond donors (Lipinski definition) is 1. The smallest absolute Gasteiger partial charge is 0.349 e. The summed E-state index contributed by atoms with van der Waals surface area (Å²) in [5.74, 6) is -0.491. The molecule has 0 radical (unpaired) electrons. The summed E-state index contributed by atoms with van der Waals surface area (Å²) < 4.78 is 6.04. The minimum atomic E-state index is -0.649. The van der Waals surface area contributed by atoms with Gasteiger partial charge in [-0.25, -0.2) is 4.79 Å². The van der Waals surface area contributed by atoms with Crippen LogP contribution in [0.3, 0.4) is 0 Å². The van der Waals surface area contributed by atoms with Crippen molar-refractivity contribution in [3.05, 3.63) is 74.6 Å². The fourth-order valence-electron chi connectivity index (χ4n) is 2.17. The maximum absolute atomic E-state index is 12.3. The molecule has 1 N–H and O–H groups in total. The predicted octanol–water partition coefficient (Wildman–Crippen LogP) is 4.12. The summed E-state index contributed by atoms with van der Waals surface area (Å²) in [6.45, 7) is 1.94. The van der Waals surface area contributed by atoms with E-state index in [1.807, 2.05) is 25.1 Å². The van der Waals surface area contributed by atoms with E-state index in [9.17, 15) is 9.59 Å². The molecule has 2 aromatic carbocycles. The first-order valence-corrected chi connectivity index (χ1v) is 7.44. The number of carbonyl (C=O) groups excluding carboxylic acids is 1. The van der Waals surface area contributed by atoms with Crippen molar-refractivity contribution in [2.75, 3.05) is 5.32 Å². The highest BCUT2D eigenvalue weighted by atomic mass is 79.9. The molecular weight excluding hydrogens is 346 g/mol. The van der Waals surface area contributed by atoms with Crippen LogP contribution in [0, 0.1) is 6.92 Å². The molecule has 1 aromatic heterocycles. The molecule has 0 fully saturated rings. The molecule has 22 heavy (non-hydrogen) atoms. The third-order valence-corrected chi connectivity index (χ3v) is 3.71. The highest BCUT2D eigenvalue weighted by molar-refractivity contribution is 9.10. The Labute approximate surface area is 134 Å². The quantitative estimate of drug-likeness (QED) is 0.701. The van der Waals surface area contributed by atoms with E-state index in [2.05, 4.69) is 21.2 Å². The lowest BCUT2D eigenvalue weighted by atomic mass is 10.1. The van der Waals surface area contributed by atoms with Gasteiger partial charge in [-0.15, -0.1) is 0 Å². The topological polar surface area (TPSA) is 59.3 Å². The van der Waals surface area contributed by atoms with Crippen LogP contribution in [-0.4, -0.2) is 5.91 Å². The van der Waals surface area contributed by atoms with Gasteiger partial charge in [-0.05, 0) is 43.3 Å². The van der Waals surface area contributed by atoms with E-state index in [1.165, 1.54) is 0 Å². The van der Waals surface area contributed by atoms with Crippen molar-refractivity contribution in [3.63, 3.8) is 0 Å². The lowest BCUT2D eigenvalue weighted by Crippen LogP contribution is -2.20. The number of carbonyl (C=O) groups is 1. The van der Waals surface area contributed by atoms with Crippen LogP contribution in [0.15, 0.2) is 62.2 Å². The predicted molar refractivity (Wildman–Crippen MR) is 89.3 cm³/mol. The van der Waals surface area contributed by atoms with Crippen molar-refractivity contribution in [1.82, 2.24) is 0 Å². The number of anilines is 1. The van der Waals surface area contributed by atoms with Crippen molar-refractivity contribution >= 4 is 38.5 Å². The van der Waals surface area contributed by atoms with Crippen LogP contribution in [0.25, 0.3) is 11.0 Å².